The van der Waals surface area contributed by atoms with Gasteiger partial charge >= 0.3 is 17.8 Å². The number of benzene rings is 2. The number of urea groups is 1. The van der Waals surface area contributed by atoms with E-state index in [1.54, 1.807) is 24.0 Å². The Labute approximate surface area is 370 Å². The number of piperidine rings is 1. The molecule has 0 bridgehead atoms. The number of aromatic amines is 1. The summed E-state index contributed by atoms with van der Waals surface area (Å²) in [5, 5.41) is 9.80. The maximum Gasteiger partial charge on any atom is 0.328 e. The number of hydrogen-bond donors (Lipinski definition) is 3. The second-order valence-electron chi connectivity index (χ2n) is 18.2. The predicted octanol–water partition coefficient (Wildman–Crippen LogP) is 6.87. The van der Waals surface area contributed by atoms with Gasteiger partial charge in [-0.15, -0.1) is 0 Å². The van der Waals surface area contributed by atoms with Gasteiger partial charge in [0.25, 0.3) is 0 Å². The van der Waals surface area contributed by atoms with Crippen molar-refractivity contribution in [3.8, 4) is 22.5 Å². The average molecular weight is 869 g/mol. The van der Waals surface area contributed by atoms with Crippen molar-refractivity contribution in [1.29, 1.82) is 0 Å². The van der Waals surface area contributed by atoms with E-state index in [1.165, 1.54) is 12.4 Å². The van der Waals surface area contributed by atoms with E-state index in [-0.39, 0.29) is 23.2 Å². The Kier molecular flexibility index (Phi) is 11.6. The van der Waals surface area contributed by atoms with Gasteiger partial charge in [0.2, 0.25) is 5.91 Å². The maximum absolute atomic E-state index is 15.7. The standard InChI is InChI=1S/C47H53FN12O4/c1-28-25-57(26-30-14-17-58(18-15-30)33-8-10-34(11-9-33)60-19-16-40(61)54-46(60)63)20-21-59(28)39-13-7-32(24-49-39)38-23-36-41(50-27-51-42(36)53-38)31-6-12-35(37(48)22-31)29(2)52-43(62)44-55-45(56-64-44)47(3,4)5/h6-13,22-24,27-30H,14-21,25-26H2,1-5H3,(H,52,62)(H,50,51,53)(H,54,61,63)/t28-,29+/m0/s1. The van der Waals surface area contributed by atoms with Gasteiger partial charge in [-0.2, -0.15) is 4.98 Å². The first kappa shape index (κ1) is 42.5. The van der Waals surface area contributed by atoms with Gasteiger partial charge in [-0.3, -0.25) is 24.7 Å². The first-order valence-electron chi connectivity index (χ1n) is 22.0. The van der Waals surface area contributed by atoms with Crippen LogP contribution >= 0.6 is 0 Å². The normalized spacial score (nSPS) is 18.4. The van der Waals surface area contributed by atoms with Crippen LogP contribution < -0.4 is 25.3 Å². The van der Waals surface area contributed by atoms with Crippen molar-refractivity contribution in [2.45, 2.75) is 71.4 Å². The van der Waals surface area contributed by atoms with Crippen LogP contribution in [0.25, 0.3) is 33.5 Å². The van der Waals surface area contributed by atoms with Crippen LogP contribution in [0.3, 0.4) is 0 Å². The summed E-state index contributed by atoms with van der Waals surface area (Å²) in [5.74, 6) is 0.517. The van der Waals surface area contributed by atoms with Gasteiger partial charge in [-0.25, -0.2) is 24.1 Å². The number of rotatable bonds is 10. The zero-order chi connectivity index (χ0) is 44.7. The highest BCUT2D eigenvalue weighted by Gasteiger charge is 2.30. The number of anilines is 3. The molecule has 3 aliphatic rings. The number of nitrogens with one attached hydrogen (secondary N) is 3. The molecular weight excluding hydrogens is 816 g/mol. The van der Waals surface area contributed by atoms with Crippen LogP contribution in [0.1, 0.15) is 82.0 Å². The lowest BCUT2D eigenvalue weighted by molar-refractivity contribution is -0.120. The number of aromatic nitrogens is 6. The van der Waals surface area contributed by atoms with E-state index >= 15 is 4.39 Å². The summed E-state index contributed by atoms with van der Waals surface area (Å²) in [7, 11) is 0. The smallest absolute Gasteiger partial charge is 0.328 e. The van der Waals surface area contributed by atoms with E-state index in [4.69, 9.17) is 9.51 Å². The minimum atomic E-state index is -0.667. The number of nitrogens with zero attached hydrogens (tertiary/aromatic N) is 9. The van der Waals surface area contributed by atoms with Gasteiger partial charge in [0.05, 0.1) is 11.7 Å². The predicted molar refractivity (Wildman–Crippen MR) is 242 cm³/mol. The van der Waals surface area contributed by atoms with Crippen molar-refractivity contribution in [1.82, 2.24) is 45.6 Å². The summed E-state index contributed by atoms with van der Waals surface area (Å²) in [4.78, 5) is 67.1. The second-order valence-corrected chi connectivity index (χ2v) is 18.2. The number of imide groups is 1. The molecule has 0 saturated carbocycles. The quantitative estimate of drug-likeness (QED) is 0.130. The molecule has 0 unspecified atom stereocenters. The van der Waals surface area contributed by atoms with Crippen LogP contribution in [0.4, 0.5) is 26.4 Å². The Morgan fingerprint density at radius 3 is 2.39 bits per heavy atom. The van der Waals surface area contributed by atoms with Gasteiger partial charge in [-0.1, -0.05) is 38.1 Å². The van der Waals surface area contributed by atoms with E-state index in [0.717, 1.165) is 85.9 Å². The summed E-state index contributed by atoms with van der Waals surface area (Å²) in [5.41, 5.74) is 5.38. The lowest BCUT2D eigenvalue weighted by atomic mass is 9.95. The summed E-state index contributed by atoms with van der Waals surface area (Å²) in [6.45, 7) is 16.0. The highest BCUT2D eigenvalue weighted by Crippen LogP contribution is 2.33. The van der Waals surface area contributed by atoms with E-state index in [1.807, 2.05) is 45.2 Å². The Balaban J connectivity index is 0.782. The summed E-state index contributed by atoms with van der Waals surface area (Å²) in [6.07, 6.45) is 5.90. The molecule has 3 saturated heterocycles. The minimum absolute atomic E-state index is 0.173. The molecule has 4 amide bonds. The summed E-state index contributed by atoms with van der Waals surface area (Å²) in [6, 6.07) is 18.3. The number of amides is 4. The maximum atomic E-state index is 15.7. The zero-order valence-corrected chi connectivity index (χ0v) is 36.8. The molecule has 9 rings (SSSR count). The van der Waals surface area contributed by atoms with Crippen molar-refractivity contribution in [3.63, 3.8) is 0 Å². The van der Waals surface area contributed by atoms with Crippen molar-refractivity contribution in [2.75, 3.05) is 60.5 Å². The van der Waals surface area contributed by atoms with Gasteiger partial charge in [0.1, 0.15) is 23.6 Å². The first-order valence-corrected chi connectivity index (χ1v) is 22.0. The number of fused-ring (bicyclic) bond motifs is 1. The lowest BCUT2D eigenvalue weighted by Gasteiger charge is -2.43. The second kappa shape index (κ2) is 17.4. The van der Waals surface area contributed by atoms with Crippen molar-refractivity contribution >= 4 is 46.1 Å². The average Bonchev–Trinajstić information content (AvgIpc) is 3.97. The fourth-order valence-electron chi connectivity index (χ4n) is 8.95. The number of hydrogen-bond acceptors (Lipinski definition) is 12. The fourth-order valence-corrected chi connectivity index (χ4v) is 8.95. The third kappa shape index (κ3) is 8.89. The molecule has 0 aliphatic carbocycles. The van der Waals surface area contributed by atoms with Crippen LogP contribution in [0.2, 0.25) is 0 Å². The molecule has 3 fully saturated rings. The molecule has 3 aliphatic heterocycles. The van der Waals surface area contributed by atoms with Crippen LogP contribution in [0.5, 0.6) is 0 Å². The highest BCUT2D eigenvalue weighted by atomic mass is 19.1. The molecule has 16 nitrogen and oxygen atoms in total. The number of pyridine rings is 1. The van der Waals surface area contributed by atoms with Crippen LogP contribution in [-0.2, 0) is 10.2 Å². The third-order valence-electron chi connectivity index (χ3n) is 12.6. The SMILES string of the molecule is C[C@@H](NC(=O)c1nc(C(C)(C)C)no1)c1ccc(-c2ncnc3[nH]c(-c4ccc(N5CCN(CC6CCN(c7ccc(N8CCC(=O)NC8=O)cc7)CC6)C[C@@H]5C)nc4)cc23)cc1F. The van der Waals surface area contributed by atoms with Crippen LogP contribution in [0, 0.1) is 11.7 Å². The molecule has 2 atom stereocenters. The monoisotopic (exact) mass is 868 g/mol. The van der Waals surface area contributed by atoms with Crippen molar-refractivity contribution in [3.05, 3.63) is 96.3 Å². The zero-order valence-electron chi connectivity index (χ0n) is 36.8. The molecule has 4 aromatic heterocycles. The molecule has 0 spiro atoms. The Hall–Kier alpha value is -6.75. The van der Waals surface area contributed by atoms with Crippen molar-refractivity contribution in [2.24, 2.45) is 5.92 Å². The molecule has 17 heteroatoms. The first-order chi connectivity index (χ1) is 30.8. The minimum Gasteiger partial charge on any atom is -0.372 e. The van der Waals surface area contributed by atoms with E-state index in [0.29, 0.717) is 53.2 Å². The number of piperazine rings is 1. The van der Waals surface area contributed by atoms with E-state index in [2.05, 4.69) is 81.6 Å². The molecule has 332 valence electrons. The molecular formula is C47H53FN12O4. The van der Waals surface area contributed by atoms with Gasteiger partial charge in [0.15, 0.2) is 5.82 Å². The van der Waals surface area contributed by atoms with Gasteiger partial charge in [-0.05, 0) is 81.1 Å². The molecule has 3 N–H and O–H groups in total. The summed E-state index contributed by atoms with van der Waals surface area (Å²) >= 11 is 0. The van der Waals surface area contributed by atoms with E-state index in [9.17, 15) is 14.4 Å². The van der Waals surface area contributed by atoms with Gasteiger partial charge in [0, 0.05) is 109 Å². The Morgan fingerprint density at radius 1 is 0.938 bits per heavy atom. The molecule has 64 heavy (non-hydrogen) atoms. The fraction of sp³-hybridized carbons (Fsp3) is 0.404. The largest absolute Gasteiger partial charge is 0.372 e. The van der Waals surface area contributed by atoms with Gasteiger partial charge < -0.3 is 24.6 Å². The summed E-state index contributed by atoms with van der Waals surface area (Å²) < 4.78 is 20.8. The lowest BCUT2D eigenvalue weighted by Crippen LogP contribution is -2.53. The number of carbonyl (C=O) groups excluding carboxylic acids is 3. The van der Waals surface area contributed by atoms with Crippen LogP contribution in [-0.4, -0.2) is 105 Å². The Morgan fingerprint density at radius 2 is 1.70 bits per heavy atom. The number of H-pyrrole nitrogens is 1. The number of carbonyl (C=O) groups is 3. The third-order valence-corrected chi connectivity index (χ3v) is 12.6. The van der Waals surface area contributed by atoms with Crippen LogP contribution in [0.15, 0.2) is 77.7 Å². The highest BCUT2D eigenvalue weighted by molar-refractivity contribution is 6.05. The molecule has 0 radical (unpaired) electrons. The topological polar surface area (TPSA) is 182 Å². The Bertz CT molecular complexity index is 2670. The number of halogens is 1. The molecule has 6 aromatic rings. The molecule has 7 heterocycles. The van der Waals surface area contributed by atoms with E-state index < -0.39 is 17.8 Å². The molecule has 2 aromatic carbocycles. The van der Waals surface area contributed by atoms with Crippen molar-refractivity contribution < 1.29 is 23.3 Å².